The molecule has 2 rings (SSSR count). The summed E-state index contributed by atoms with van der Waals surface area (Å²) in [6.07, 6.45) is 1.08. The molecule has 0 saturated carbocycles. The average Bonchev–Trinajstić information content (AvgIpc) is 2.41. The van der Waals surface area contributed by atoms with Crippen LogP contribution >= 0.6 is 11.6 Å². The van der Waals surface area contributed by atoms with Crippen LogP contribution in [0.2, 0.25) is 5.15 Å². The number of carbonyl (C=O) groups excluding carboxylic acids is 1. The third kappa shape index (κ3) is 3.32. The van der Waals surface area contributed by atoms with Crippen LogP contribution in [0, 0.1) is 6.92 Å². The van der Waals surface area contributed by atoms with E-state index >= 15 is 0 Å². The SMILES string of the molecule is Cc1cc(S(=O)(=O)Oc2ccccc2C(N)=O)cnc1Cl. The van der Waals surface area contributed by atoms with E-state index in [2.05, 4.69) is 4.98 Å². The minimum Gasteiger partial charge on any atom is -0.378 e. The smallest absolute Gasteiger partial charge is 0.340 e. The number of aryl methyl sites for hydroxylation is 1. The van der Waals surface area contributed by atoms with Crippen LogP contribution in [0.4, 0.5) is 0 Å². The number of amides is 1. The summed E-state index contributed by atoms with van der Waals surface area (Å²) in [5.74, 6) is -0.927. The Labute approximate surface area is 126 Å². The Morgan fingerprint density at radius 3 is 2.62 bits per heavy atom. The van der Waals surface area contributed by atoms with Crippen molar-refractivity contribution < 1.29 is 17.4 Å². The van der Waals surface area contributed by atoms with E-state index in [-0.39, 0.29) is 21.4 Å². The van der Waals surface area contributed by atoms with E-state index < -0.39 is 16.0 Å². The van der Waals surface area contributed by atoms with Crippen molar-refractivity contribution in [1.82, 2.24) is 4.98 Å². The molecule has 0 saturated heterocycles. The molecule has 21 heavy (non-hydrogen) atoms. The number of para-hydroxylation sites is 1. The van der Waals surface area contributed by atoms with E-state index in [1.165, 1.54) is 24.3 Å². The maximum absolute atomic E-state index is 12.2. The molecule has 0 bridgehead atoms. The number of primary amides is 1. The molecule has 0 radical (unpaired) electrons. The van der Waals surface area contributed by atoms with E-state index in [0.29, 0.717) is 5.56 Å². The highest BCUT2D eigenvalue weighted by atomic mass is 35.5. The Morgan fingerprint density at radius 1 is 1.33 bits per heavy atom. The Hall–Kier alpha value is -2.12. The van der Waals surface area contributed by atoms with Crippen LogP contribution in [-0.2, 0) is 10.1 Å². The van der Waals surface area contributed by atoms with Gasteiger partial charge in [0.15, 0.2) is 5.75 Å². The van der Waals surface area contributed by atoms with Gasteiger partial charge in [0.2, 0.25) is 0 Å². The van der Waals surface area contributed by atoms with Crippen molar-refractivity contribution in [2.75, 3.05) is 0 Å². The van der Waals surface area contributed by atoms with Crippen LogP contribution < -0.4 is 9.92 Å². The molecule has 1 heterocycles. The van der Waals surface area contributed by atoms with Gasteiger partial charge in [-0.3, -0.25) is 4.79 Å². The van der Waals surface area contributed by atoms with Gasteiger partial charge in [0, 0.05) is 0 Å². The predicted octanol–water partition coefficient (Wildman–Crippen LogP) is 1.91. The first-order valence-corrected chi connectivity index (χ1v) is 7.55. The lowest BCUT2D eigenvalue weighted by Crippen LogP contribution is -2.16. The summed E-state index contributed by atoms with van der Waals surface area (Å²) in [6, 6.07) is 7.13. The molecule has 0 aliphatic carbocycles. The van der Waals surface area contributed by atoms with Crippen LogP contribution in [0.25, 0.3) is 0 Å². The maximum Gasteiger partial charge on any atom is 0.340 e. The molecule has 0 unspecified atom stereocenters. The zero-order valence-electron chi connectivity index (χ0n) is 10.9. The maximum atomic E-state index is 12.2. The molecule has 0 fully saturated rings. The molecule has 6 nitrogen and oxygen atoms in total. The van der Waals surface area contributed by atoms with Crippen LogP contribution in [0.15, 0.2) is 41.4 Å². The monoisotopic (exact) mass is 326 g/mol. The fraction of sp³-hybridized carbons (Fsp3) is 0.0769. The van der Waals surface area contributed by atoms with Gasteiger partial charge in [-0.05, 0) is 30.7 Å². The van der Waals surface area contributed by atoms with Crippen molar-refractivity contribution in [3.05, 3.63) is 52.8 Å². The molecule has 2 aromatic rings. The summed E-state index contributed by atoms with van der Waals surface area (Å²) in [5.41, 5.74) is 5.63. The number of halogens is 1. The number of nitrogens with two attached hydrogens (primary N) is 1. The molecule has 8 heteroatoms. The van der Waals surface area contributed by atoms with Crippen molar-refractivity contribution >= 4 is 27.6 Å². The zero-order chi connectivity index (χ0) is 15.6. The summed E-state index contributed by atoms with van der Waals surface area (Å²) in [5, 5.41) is 0.200. The predicted molar refractivity (Wildman–Crippen MR) is 76.8 cm³/mol. The Kier molecular flexibility index (Phi) is 4.15. The number of carbonyl (C=O) groups is 1. The van der Waals surface area contributed by atoms with Gasteiger partial charge in [-0.25, -0.2) is 4.98 Å². The second kappa shape index (κ2) is 5.71. The highest BCUT2D eigenvalue weighted by Crippen LogP contribution is 2.24. The molecular weight excluding hydrogens is 316 g/mol. The van der Waals surface area contributed by atoms with Crippen molar-refractivity contribution in [3.8, 4) is 5.75 Å². The Morgan fingerprint density at radius 2 is 2.00 bits per heavy atom. The minimum atomic E-state index is -4.14. The highest BCUT2D eigenvalue weighted by molar-refractivity contribution is 7.87. The molecule has 2 N–H and O–H groups in total. The summed E-state index contributed by atoms with van der Waals surface area (Å²) in [4.78, 5) is 14.9. The van der Waals surface area contributed by atoms with E-state index in [4.69, 9.17) is 21.5 Å². The lowest BCUT2D eigenvalue weighted by molar-refractivity contribution is 0.0999. The lowest BCUT2D eigenvalue weighted by atomic mass is 10.2. The van der Waals surface area contributed by atoms with Crippen molar-refractivity contribution in [3.63, 3.8) is 0 Å². The van der Waals surface area contributed by atoms with E-state index in [9.17, 15) is 13.2 Å². The van der Waals surface area contributed by atoms with Gasteiger partial charge in [0.1, 0.15) is 10.0 Å². The molecule has 1 aromatic carbocycles. The lowest BCUT2D eigenvalue weighted by Gasteiger charge is -2.10. The average molecular weight is 327 g/mol. The standard InChI is InChI=1S/C13H11ClN2O4S/c1-8-6-9(7-16-12(8)14)21(18,19)20-11-5-3-2-4-10(11)13(15)17/h2-7H,1H3,(H2,15,17). The minimum absolute atomic E-state index is 0.0280. The second-order valence-electron chi connectivity index (χ2n) is 4.18. The van der Waals surface area contributed by atoms with Crippen molar-refractivity contribution in [2.45, 2.75) is 11.8 Å². The molecule has 0 spiro atoms. The molecule has 1 aromatic heterocycles. The molecule has 1 amide bonds. The van der Waals surface area contributed by atoms with Crippen molar-refractivity contribution in [1.29, 1.82) is 0 Å². The Bertz CT molecular complexity index is 806. The first-order valence-electron chi connectivity index (χ1n) is 5.77. The van der Waals surface area contributed by atoms with Gasteiger partial charge in [0.25, 0.3) is 5.91 Å². The fourth-order valence-corrected chi connectivity index (χ4v) is 2.66. The number of nitrogens with zero attached hydrogens (tertiary/aromatic N) is 1. The quantitative estimate of drug-likeness (QED) is 0.683. The van der Waals surface area contributed by atoms with Crippen LogP contribution in [-0.4, -0.2) is 19.3 Å². The number of aromatic nitrogens is 1. The number of hydrogen-bond acceptors (Lipinski definition) is 5. The summed E-state index contributed by atoms with van der Waals surface area (Å²) in [7, 11) is -4.14. The van der Waals surface area contributed by atoms with E-state index in [1.807, 2.05) is 0 Å². The number of rotatable bonds is 4. The van der Waals surface area contributed by atoms with Gasteiger partial charge < -0.3 is 9.92 Å². The normalized spacial score (nSPS) is 11.1. The third-order valence-electron chi connectivity index (χ3n) is 2.63. The van der Waals surface area contributed by atoms with E-state index in [0.717, 1.165) is 6.20 Å². The van der Waals surface area contributed by atoms with Gasteiger partial charge in [-0.1, -0.05) is 23.7 Å². The van der Waals surface area contributed by atoms with E-state index in [1.54, 1.807) is 13.0 Å². The molecule has 110 valence electrons. The number of pyridine rings is 1. The molecule has 0 aliphatic rings. The van der Waals surface area contributed by atoms with Gasteiger partial charge >= 0.3 is 10.1 Å². The van der Waals surface area contributed by atoms with Crippen LogP contribution in [0.1, 0.15) is 15.9 Å². The Balaban J connectivity index is 2.42. The highest BCUT2D eigenvalue weighted by Gasteiger charge is 2.21. The van der Waals surface area contributed by atoms with Gasteiger partial charge in [-0.15, -0.1) is 0 Å². The number of hydrogen-bond donors (Lipinski definition) is 1. The van der Waals surface area contributed by atoms with Crippen LogP contribution in [0.3, 0.4) is 0 Å². The third-order valence-corrected chi connectivity index (χ3v) is 4.23. The zero-order valence-corrected chi connectivity index (χ0v) is 12.5. The molecule has 0 aliphatic heterocycles. The summed E-state index contributed by atoms with van der Waals surface area (Å²) >= 11 is 5.75. The largest absolute Gasteiger partial charge is 0.378 e. The van der Waals surface area contributed by atoms with Gasteiger partial charge in [-0.2, -0.15) is 8.42 Å². The van der Waals surface area contributed by atoms with Crippen molar-refractivity contribution in [2.24, 2.45) is 5.73 Å². The molecule has 0 atom stereocenters. The first kappa shape index (κ1) is 15.3. The summed E-state index contributed by atoms with van der Waals surface area (Å²) < 4.78 is 29.3. The van der Waals surface area contributed by atoms with Crippen LogP contribution in [0.5, 0.6) is 5.75 Å². The first-order chi connectivity index (χ1) is 9.81. The molecular formula is C13H11ClN2O4S. The topological polar surface area (TPSA) is 99.4 Å². The fourth-order valence-electron chi connectivity index (χ4n) is 1.58. The summed E-state index contributed by atoms with van der Waals surface area (Å²) in [6.45, 7) is 1.62. The van der Waals surface area contributed by atoms with Gasteiger partial charge in [0.05, 0.1) is 11.8 Å². The number of benzene rings is 1. The second-order valence-corrected chi connectivity index (χ2v) is 6.08.